The Bertz CT molecular complexity index is 426. The van der Waals surface area contributed by atoms with Gasteiger partial charge in [-0.2, -0.15) is 0 Å². The fraction of sp³-hybridized carbons (Fsp3) is 0.786. The minimum absolute atomic E-state index is 0.0352. The highest BCUT2D eigenvalue weighted by atomic mass is 16.4. The second-order valence-corrected chi connectivity index (χ2v) is 5.99. The summed E-state index contributed by atoms with van der Waals surface area (Å²) in [5, 5.41) is 9.06. The SMILES string of the molecule is NC(=O)C1CCCN(C(=O)CN2CCCC(C(=O)O)C2)C1. The number of carboxylic acids is 1. The molecule has 0 aromatic rings. The lowest BCUT2D eigenvalue weighted by atomic mass is 9.97. The van der Waals surface area contributed by atoms with Gasteiger partial charge < -0.3 is 15.7 Å². The third-order valence-corrected chi connectivity index (χ3v) is 4.39. The summed E-state index contributed by atoms with van der Waals surface area (Å²) in [6.07, 6.45) is 3.00. The number of hydrogen-bond donors (Lipinski definition) is 2. The van der Waals surface area contributed by atoms with E-state index in [1.165, 1.54) is 0 Å². The van der Waals surface area contributed by atoms with Gasteiger partial charge in [0.05, 0.1) is 18.4 Å². The van der Waals surface area contributed by atoms with E-state index in [9.17, 15) is 14.4 Å². The number of amides is 2. The van der Waals surface area contributed by atoms with Crippen molar-refractivity contribution in [3.05, 3.63) is 0 Å². The first-order chi connectivity index (χ1) is 9.97. The first-order valence-electron chi connectivity index (χ1n) is 7.49. The quantitative estimate of drug-likeness (QED) is 0.728. The minimum Gasteiger partial charge on any atom is -0.481 e. The van der Waals surface area contributed by atoms with Crippen LogP contribution in [0, 0.1) is 11.8 Å². The summed E-state index contributed by atoms with van der Waals surface area (Å²) in [4.78, 5) is 38.2. The Morgan fingerprint density at radius 1 is 1.05 bits per heavy atom. The zero-order valence-corrected chi connectivity index (χ0v) is 12.2. The van der Waals surface area contributed by atoms with E-state index in [1.54, 1.807) is 4.90 Å². The van der Waals surface area contributed by atoms with Crippen LogP contribution >= 0.6 is 0 Å². The van der Waals surface area contributed by atoms with Crippen LogP contribution in [0.5, 0.6) is 0 Å². The second-order valence-electron chi connectivity index (χ2n) is 5.99. The Hall–Kier alpha value is -1.63. The van der Waals surface area contributed by atoms with Crippen molar-refractivity contribution in [2.75, 3.05) is 32.7 Å². The molecule has 0 bridgehead atoms. The maximum Gasteiger partial charge on any atom is 0.307 e. The minimum atomic E-state index is -0.793. The molecule has 2 aliphatic rings. The van der Waals surface area contributed by atoms with E-state index in [1.807, 2.05) is 4.90 Å². The number of nitrogens with zero attached hydrogens (tertiary/aromatic N) is 2. The van der Waals surface area contributed by atoms with Gasteiger partial charge >= 0.3 is 5.97 Å². The van der Waals surface area contributed by atoms with E-state index in [0.717, 1.165) is 25.8 Å². The molecule has 2 rings (SSSR count). The van der Waals surface area contributed by atoms with Crippen molar-refractivity contribution >= 4 is 17.8 Å². The maximum absolute atomic E-state index is 12.3. The number of carbonyl (C=O) groups excluding carboxylic acids is 2. The Kier molecular flexibility index (Phi) is 5.17. The van der Waals surface area contributed by atoms with Crippen LogP contribution in [0.2, 0.25) is 0 Å². The van der Waals surface area contributed by atoms with E-state index >= 15 is 0 Å². The zero-order valence-electron chi connectivity index (χ0n) is 12.2. The standard InChI is InChI=1S/C14H23N3O4/c15-13(19)10-3-2-6-17(8-10)12(18)9-16-5-1-4-11(7-16)14(20)21/h10-11H,1-9H2,(H2,15,19)(H,20,21). The molecule has 118 valence electrons. The third kappa shape index (κ3) is 4.17. The van der Waals surface area contributed by atoms with Crippen LogP contribution in [-0.2, 0) is 14.4 Å². The third-order valence-electron chi connectivity index (χ3n) is 4.39. The fourth-order valence-corrected chi connectivity index (χ4v) is 3.13. The number of carboxylic acid groups (broad SMARTS) is 1. The predicted octanol–water partition coefficient (Wildman–Crippen LogP) is -0.493. The number of nitrogens with two attached hydrogens (primary N) is 1. The van der Waals surface area contributed by atoms with E-state index in [0.29, 0.717) is 26.1 Å². The molecule has 0 radical (unpaired) electrons. The van der Waals surface area contributed by atoms with Gasteiger partial charge in [0.2, 0.25) is 11.8 Å². The van der Waals surface area contributed by atoms with Crippen LogP contribution in [-0.4, -0.2) is 65.4 Å². The highest BCUT2D eigenvalue weighted by Gasteiger charge is 2.30. The van der Waals surface area contributed by atoms with Gasteiger partial charge in [0, 0.05) is 19.6 Å². The van der Waals surface area contributed by atoms with Gasteiger partial charge in [-0.25, -0.2) is 0 Å². The molecule has 2 aliphatic heterocycles. The van der Waals surface area contributed by atoms with Crippen molar-refractivity contribution in [1.82, 2.24) is 9.80 Å². The smallest absolute Gasteiger partial charge is 0.307 e. The first-order valence-corrected chi connectivity index (χ1v) is 7.49. The highest BCUT2D eigenvalue weighted by molar-refractivity contribution is 5.81. The van der Waals surface area contributed by atoms with Crippen LogP contribution in [0.15, 0.2) is 0 Å². The van der Waals surface area contributed by atoms with Gasteiger partial charge in [0.1, 0.15) is 0 Å². The zero-order chi connectivity index (χ0) is 15.4. The predicted molar refractivity (Wildman–Crippen MR) is 75.3 cm³/mol. The van der Waals surface area contributed by atoms with Crippen molar-refractivity contribution in [2.45, 2.75) is 25.7 Å². The summed E-state index contributed by atoms with van der Waals surface area (Å²) in [6.45, 7) is 2.45. The molecule has 3 N–H and O–H groups in total. The lowest BCUT2D eigenvalue weighted by Crippen LogP contribution is -2.49. The van der Waals surface area contributed by atoms with Crippen molar-refractivity contribution in [3.8, 4) is 0 Å². The molecule has 0 saturated carbocycles. The van der Waals surface area contributed by atoms with Crippen molar-refractivity contribution in [3.63, 3.8) is 0 Å². The van der Waals surface area contributed by atoms with Crippen LogP contribution < -0.4 is 5.73 Å². The molecule has 2 fully saturated rings. The summed E-state index contributed by atoms with van der Waals surface area (Å²) in [5.74, 6) is -1.82. The van der Waals surface area contributed by atoms with Crippen LogP contribution in [0.25, 0.3) is 0 Å². The number of primary amides is 1. The lowest BCUT2D eigenvalue weighted by molar-refractivity contribution is -0.145. The normalized spacial score (nSPS) is 27.3. The number of carbonyl (C=O) groups is 3. The summed E-state index contributed by atoms with van der Waals surface area (Å²) in [6, 6.07) is 0. The number of rotatable bonds is 4. The van der Waals surface area contributed by atoms with Crippen molar-refractivity contribution in [1.29, 1.82) is 0 Å². The van der Waals surface area contributed by atoms with Gasteiger partial charge in [0.15, 0.2) is 0 Å². The van der Waals surface area contributed by atoms with Crippen molar-refractivity contribution < 1.29 is 19.5 Å². The largest absolute Gasteiger partial charge is 0.481 e. The monoisotopic (exact) mass is 297 g/mol. The van der Waals surface area contributed by atoms with E-state index in [4.69, 9.17) is 10.8 Å². The van der Waals surface area contributed by atoms with E-state index in [-0.39, 0.29) is 30.2 Å². The Labute approximate surface area is 124 Å². The molecule has 2 saturated heterocycles. The Balaban J connectivity index is 1.86. The Morgan fingerprint density at radius 2 is 1.71 bits per heavy atom. The molecule has 2 unspecified atom stereocenters. The molecule has 2 amide bonds. The van der Waals surface area contributed by atoms with Crippen LogP contribution in [0.3, 0.4) is 0 Å². The lowest BCUT2D eigenvalue weighted by Gasteiger charge is -2.35. The first kappa shape index (κ1) is 15.8. The van der Waals surface area contributed by atoms with Gasteiger partial charge in [-0.3, -0.25) is 19.3 Å². The molecule has 7 heteroatoms. The molecular formula is C14H23N3O4. The molecule has 7 nitrogen and oxygen atoms in total. The highest BCUT2D eigenvalue weighted by Crippen LogP contribution is 2.19. The molecule has 2 heterocycles. The Morgan fingerprint density at radius 3 is 2.38 bits per heavy atom. The van der Waals surface area contributed by atoms with Gasteiger partial charge in [-0.1, -0.05) is 0 Å². The number of piperidine rings is 2. The molecule has 0 aromatic carbocycles. The molecule has 21 heavy (non-hydrogen) atoms. The van der Waals surface area contributed by atoms with Crippen molar-refractivity contribution in [2.24, 2.45) is 17.6 Å². The average molecular weight is 297 g/mol. The number of aliphatic carboxylic acids is 1. The van der Waals surface area contributed by atoms with Crippen LogP contribution in [0.1, 0.15) is 25.7 Å². The van der Waals surface area contributed by atoms with Crippen LogP contribution in [0.4, 0.5) is 0 Å². The van der Waals surface area contributed by atoms with E-state index < -0.39 is 5.97 Å². The van der Waals surface area contributed by atoms with Gasteiger partial charge in [-0.15, -0.1) is 0 Å². The molecule has 0 spiro atoms. The number of likely N-dealkylation sites (tertiary alicyclic amines) is 2. The summed E-state index contributed by atoms with van der Waals surface area (Å²) < 4.78 is 0. The summed E-state index contributed by atoms with van der Waals surface area (Å²) in [7, 11) is 0. The second kappa shape index (κ2) is 6.89. The summed E-state index contributed by atoms with van der Waals surface area (Å²) in [5.41, 5.74) is 5.31. The number of hydrogen-bond acceptors (Lipinski definition) is 4. The average Bonchev–Trinajstić information content (AvgIpc) is 2.47. The topological polar surface area (TPSA) is 104 Å². The molecule has 0 aliphatic carbocycles. The molecule has 2 atom stereocenters. The van der Waals surface area contributed by atoms with E-state index in [2.05, 4.69) is 0 Å². The molecular weight excluding hydrogens is 274 g/mol. The van der Waals surface area contributed by atoms with Gasteiger partial charge in [-0.05, 0) is 32.2 Å². The summed E-state index contributed by atoms with van der Waals surface area (Å²) >= 11 is 0. The molecule has 0 aromatic heterocycles. The fourth-order valence-electron chi connectivity index (χ4n) is 3.13. The maximum atomic E-state index is 12.3. The van der Waals surface area contributed by atoms with Gasteiger partial charge in [0.25, 0.3) is 0 Å².